The molecule has 5 heteroatoms. The second kappa shape index (κ2) is 5.28. The van der Waals surface area contributed by atoms with Crippen molar-refractivity contribution in [1.29, 1.82) is 0 Å². The highest BCUT2D eigenvalue weighted by atomic mass is 32.2. The first-order valence-electron chi connectivity index (χ1n) is 5.07. The number of nitrogens with zero attached hydrogens (tertiary/aromatic N) is 1. The number of carbonyl (C=O) groups is 1. The maximum Gasteiger partial charge on any atom is 0.236 e. The van der Waals surface area contributed by atoms with Crippen LogP contribution in [-0.2, 0) is 4.79 Å². The first-order valence-corrected chi connectivity index (χ1v) is 7.27. The summed E-state index contributed by atoms with van der Waals surface area (Å²) in [6.07, 6.45) is 0. The number of piperazine rings is 1. The number of carbonyl (C=O) groups excluding carboxylic acids is 1. The zero-order valence-corrected chi connectivity index (χ0v) is 9.83. The molecule has 80 valence electrons. The SMILES string of the molecule is O=C([C@@H]1CSCCS1)N1CCNCC1. The van der Waals surface area contributed by atoms with Crippen LogP contribution in [0.4, 0.5) is 0 Å². The number of amides is 1. The van der Waals surface area contributed by atoms with Crippen molar-refractivity contribution in [3.8, 4) is 0 Å². The third-order valence-corrected chi connectivity index (χ3v) is 5.26. The van der Waals surface area contributed by atoms with Crippen molar-refractivity contribution in [3.05, 3.63) is 0 Å². The second-order valence-corrected chi connectivity index (χ2v) is 5.97. The van der Waals surface area contributed by atoms with Crippen molar-refractivity contribution in [3.63, 3.8) is 0 Å². The van der Waals surface area contributed by atoms with Crippen molar-refractivity contribution in [2.24, 2.45) is 0 Å². The lowest BCUT2D eigenvalue weighted by atomic mass is 10.3. The Balaban J connectivity index is 1.85. The molecule has 14 heavy (non-hydrogen) atoms. The van der Waals surface area contributed by atoms with Gasteiger partial charge in [0.25, 0.3) is 0 Å². The monoisotopic (exact) mass is 232 g/mol. The predicted molar refractivity (Wildman–Crippen MR) is 63.0 cm³/mol. The molecule has 0 aromatic rings. The van der Waals surface area contributed by atoms with Crippen LogP contribution in [0.15, 0.2) is 0 Å². The van der Waals surface area contributed by atoms with Gasteiger partial charge in [0, 0.05) is 43.4 Å². The van der Waals surface area contributed by atoms with Crippen molar-refractivity contribution in [2.75, 3.05) is 43.4 Å². The van der Waals surface area contributed by atoms with E-state index in [0.29, 0.717) is 5.91 Å². The molecule has 3 nitrogen and oxygen atoms in total. The van der Waals surface area contributed by atoms with Crippen LogP contribution >= 0.6 is 23.5 Å². The molecule has 0 spiro atoms. The lowest BCUT2D eigenvalue weighted by Gasteiger charge is -2.31. The van der Waals surface area contributed by atoms with Gasteiger partial charge in [-0.25, -0.2) is 0 Å². The van der Waals surface area contributed by atoms with Gasteiger partial charge in [-0.05, 0) is 0 Å². The van der Waals surface area contributed by atoms with Crippen LogP contribution in [0.2, 0.25) is 0 Å². The summed E-state index contributed by atoms with van der Waals surface area (Å²) in [5.74, 6) is 3.71. The molecule has 2 saturated heterocycles. The highest BCUT2D eigenvalue weighted by molar-refractivity contribution is 8.07. The number of rotatable bonds is 1. The Morgan fingerprint density at radius 2 is 2.07 bits per heavy atom. The van der Waals surface area contributed by atoms with Gasteiger partial charge in [0.1, 0.15) is 0 Å². The van der Waals surface area contributed by atoms with Crippen LogP contribution in [0, 0.1) is 0 Å². The number of hydrogen-bond donors (Lipinski definition) is 1. The Kier molecular flexibility index (Phi) is 4.01. The van der Waals surface area contributed by atoms with Gasteiger partial charge < -0.3 is 10.2 Å². The second-order valence-electron chi connectivity index (χ2n) is 3.51. The van der Waals surface area contributed by atoms with Crippen LogP contribution in [0.3, 0.4) is 0 Å². The fourth-order valence-electron chi connectivity index (χ4n) is 1.72. The van der Waals surface area contributed by atoms with Gasteiger partial charge in [0.05, 0.1) is 5.25 Å². The summed E-state index contributed by atoms with van der Waals surface area (Å²) in [4.78, 5) is 14.0. The molecule has 2 aliphatic heterocycles. The van der Waals surface area contributed by atoms with Crippen molar-refractivity contribution in [1.82, 2.24) is 10.2 Å². The average molecular weight is 232 g/mol. The van der Waals surface area contributed by atoms with Crippen LogP contribution in [-0.4, -0.2) is 59.5 Å². The number of hydrogen-bond acceptors (Lipinski definition) is 4. The molecule has 2 heterocycles. The third-order valence-electron chi connectivity index (χ3n) is 2.52. The summed E-state index contributed by atoms with van der Waals surface area (Å²) in [6.45, 7) is 3.69. The average Bonchev–Trinajstić information content (AvgIpc) is 2.30. The smallest absolute Gasteiger partial charge is 0.236 e. The fourth-order valence-corrected chi connectivity index (χ4v) is 4.35. The van der Waals surface area contributed by atoms with Crippen LogP contribution in [0.25, 0.3) is 0 Å². The molecule has 0 unspecified atom stereocenters. The van der Waals surface area contributed by atoms with Gasteiger partial charge in [-0.2, -0.15) is 11.8 Å². The van der Waals surface area contributed by atoms with Crippen LogP contribution in [0.5, 0.6) is 0 Å². The van der Waals surface area contributed by atoms with E-state index in [1.165, 1.54) is 5.75 Å². The molecule has 1 N–H and O–H groups in total. The molecule has 0 aliphatic carbocycles. The Hall–Kier alpha value is 0.130. The number of nitrogens with one attached hydrogen (secondary N) is 1. The van der Waals surface area contributed by atoms with Crippen molar-refractivity contribution >= 4 is 29.4 Å². The molecule has 2 rings (SSSR count). The Bertz CT molecular complexity index is 181. The molecule has 2 aliphatic rings. The van der Waals surface area contributed by atoms with E-state index < -0.39 is 0 Å². The maximum absolute atomic E-state index is 12.0. The predicted octanol–water partition coefficient (Wildman–Crippen LogP) is 0.267. The Labute approximate surface area is 93.4 Å². The van der Waals surface area contributed by atoms with E-state index >= 15 is 0 Å². The molecule has 1 atom stereocenters. The summed E-state index contributed by atoms with van der Waals surface area (Å²) < 4.78 is 0. The zero-order valence-electron chi connectivity index (χ0n) is 8.20. The summed E-state index contributed by atoms with van der Waals surface area (Å²) >= 11 is 3.74. The number of thioether (sulfide) groups is 2. The van der Waals surface area contributed by atoms with E-state index in [2.05, 4.69) is 5.32 Å². The van der Waals surface area contributed by atoms with E-state index in [4.69, 9.17) is 0 Å². The molecule has 1 amide bonds. The zero-order chi connectivity index (χ0) is 9.80. The first kappa shape index (κ1) is 10.6. The first-order chi connectivity index (χ1) is 6.88. The van der Waals surface area contributed by atoms with Gasteiger partial charge in [0.15, 0.2) is 0 Å². The topological polar surface area (TPSA) is 32.3 Å². The Morgan fingerprint density at radius 3 is 2.71 bits per heavy atom. The summed E-state index contributed by atoms with van der Waals surface area (Å²) in [5, 5.41) is 3.50. The molecular formula is C9H16N2OS2. The highest BCUT2D eigenvalue weighted by Gasteiger charge is 2.27. The fraction of sp³-hybridized carbons (Fsp3) is 0.889. The third kappa shape index (κ3) is 2.58. The highest BCUT2D eigenvalue weighted by Crippen LogP contribution is 2.25. The van der Waals surface area contributed by atoms with E-state index in [1.807, 2.05) is 28.4 Å². The van der Waals surface area contributed by atoms with Gasteiger partial charge >= 0.3 is 0 Å². The van der Waals surface area contributed by atoms with Gasteiger partial charge in [-0.3, -0.25) is 4.79 Å². The normalized spacial score (nSPS) is 28.9. The van der Waals surface area contributed by atoms with E-state index in [1.54, 1.807) is 0 Å². The Morgan fingerprint density at radius 1 is 1.29 bits per heavy atom. The molecule has 0 bridgehead atoms. The molecular weight excluding hydrogens is 216 g/mol. The van der Waals surface area contributed by atoms with Crippen LogP contribution < -0.4 is 5.32 Å². The summed E-state index contributed by atoms with van der Waals surface area (Å²) in [5.41, 5.74) is 0. The minimum atomic E-state index is 0.229. The molecule has 0 saturated carbocycles. The quantitative estimate of drug-likeness (QED) is 0.703. The van der Waals surface area contributed by atoms with Crippen molar-refractivity contribution < 1.29 is 4.79 Å². The van der Waals surface area contributed by atoms with E-state index in [0.717, 1.165) is 37.7 Å². The van der Waals surface area contributed by atoms with Gasteiger partial charge in [-0.1, -0.05) is 0 Å². The van der Waals surface area contributed by atoms with Gasteiger partial charge in [-0.15, -0.1) is 11.8 Å². The summed E-state index contributed by atoms with van der Waals surface area (Å²) in [7, 11) is 0. The van der Waals surface area contributed by atoms with E-state index in [9.17, 15) is 4.79 Å². The lowest BCUT2D eigenvalue weighted by molar-refractivity contribution is -0.130. The molecule has 2 fully saturated rings. The van der Waals surface area contributed by atoms with Crippen LogP contribution in [0.1, 0.15) is 0 Å². The molecule has 0 aromatic heterocycles. The summed E-state index contributed by atoms with van der Waals surface area (Å²) in [6, 6.07) is 0. The maximum atomic E-state index is 12.0. The van der Waals surface area contributed by atoms with E-state index in [-0.39, 0.29) is 5.25 Å². The molecule has 0 aromatic carbocycles. The lowest BCUT2D eigenvalue weighted by Crippen LogP contribution is -2.50. The minimum absolute atomic E-state index is 0.229. The largest absolute Gasteiger partial charge is 0.339 e. The van der Waals surface area contributed by atoms with Crippen molar-refractivity contribution in [2.45, 2.75) is 5.25 Å². The van der Waals surface area contributed by atoms with Gasteiger partial charge in [0.2, 0.25) is 5.91 Å². The standard InChI is InChI=1S/C9H16N2OS2/c12-9(8-7-13-5-6-14-8)11-3-1-10-2-4-11/h8,10H,1-7H2/t8-/m0/s1. The minimum Gasteiger partial charge on any atom is -0.339 e. The molecule has 0 radical (unpaired) electrons.